The first kappa shape index (κ1) is 11.7. The van der Waals surface area contributed by atoms with Crippen molar-refractivity contribution in [1.29, 1.82) is 0 Å². The molecule has 0 N–H and O–H groups in total. The van der Waals surface area contributed by atoms with Gasteiger partial charge >= 0.3 is 0 Å². The van der Waals surface area contributed by atoms with Crippen LogP contribution in [0.3, 0.4) is 0 Å². The first-order valence-electron chi connectivity index (χ1n) is 4.88. The van der Waals surface area contributed by atoms with E-state index in [1.54, 1.807) is 0 Å². The lowest BCUT2D eigenvalue weighted by atomic mass is 10.1. The molecule has 0 amide bonds. The fraction of sp³-hybridized carbons (Fsp3) is 0.154. The fourth-order valence-corrected chi connectivity index (χ4v) is 1.57. The van der Waals surface area contributed by atoms with E-state index < -0.39 is 0 Å². The summed E-state index contributed by atoms with van der Waals surface area (Å²) in [5.74, 6) is 0. The van der Waals surface area contributed by atoms with Gasteiger partial charge in [0.25, 0.3) is 0 Å². The van der Waals surface area contributed by atoms with Crippen molar-refractivity contribution >= 4 is 0 Å². The normalized spacial score (nSPS) is 11.5. The van der Waals surface area contributed by atoms with Crippen molar-refractivity contribution in [3.05, 3.63) is 66.5 Å². The summed E-state index contributed by atoms with van der Waals surface area (Å²) in [7, 11) is 0. The Morgan fingerprint density at radius 1 is 0.867 bits per heavy atom. The van der Waals surface area contributed by atoms with Crippen LogP contribution in [0.1, 0.15) is 18.5 Å². The van der Waals surface area contributed by atoms with Gasteiger partial charge in [-0.1, -0.05) is 36.4 Å². The van der Waals surface area contributed by atoms with Crippen molar-refractivity contribution in [1.82, 2.24) is 0 Å². The molecule has 1 heterocycles. The van der Waals surface area contributed by atoms with E-state index in [1.807, 2.05) is 12.1 Å². The smallest absolute Gasteiger partial charge is 0.180 e. The molecular formula is C13H14ClN. The third kappa shape index (κ3) is 2.80. The number of halogens is 1. The van der Waals surface area contributed by atoms with Gasteiger partial charge in [-0.3, -0.25) is 0 Å². The molecule has 0 aliphatic rings. The second-order valence-corrected chi connectivity index (χ2v) is 3.41. The van der Waals surface area contributed by atoms with Crippen molar-refractivity contribution < 1.29 is 17.0 Å². The maximum Gasteiger partial charge on any atom is 0.180 e. The molecule has 15 heavy (non-hydrogen) atoms. The van der Waals surface area contributed by atoms with Crippen LogP contribution >= 0.6 is 0 Å². The van der Waals surface area contributed by atoms with Gasteiger partial charge in [0, 0.05) is 24.6 Å². The highest BCUT2D eigenvalue weighted by Gasteiger charge is 2.12. The molecule has 0 aliphatic heterocycles. The van der Waals surface area contributed by atoms with Crippen LogP contribution in [0.15, 0.2) is 60.9 Å². The van der Waals surface area contributed by atoms with Crippen molar-refractivity contribution in [3.8, 4) is 0 Å². The molecule has 2 aromatic rings. The molecule has 0 radical (unpaired) electrons. The van der Waals surface area contributed by atoms with Gasteiger partial charge in [0.1, 0.15) is 0 Å². The van der Waals surface area contributed by atoms with Crippen molar-refractivity contribution in [3.63, 3.8) is 0 Å². The number of hydrogen-bond acceptors (Lipinski definition) is 0. The number of nitrogens with zero attached hydrogens (tertiary/aromatic N) is 1. The highest BCUT2D eigenvalue weighted by Crippen LogP contribution is 2.09. The van der Waals surface area contributed by atoms with Crippen LogP contribution in [-0.4, -0.2) is 0 Å². The molecule has 1 aromatic carbocycles. The second-order valence-electron chi connectivity index (χ2n) is 3.41. The van der Waals surface area contributed by atoms with Crippen LogP contribution in [0.2, 0.25) is 0 Å². The van der Waals surface area contributed by atoms with Gasteiger partial charge in [0.2, 0.25) is 0 Å². The Balaban J connectivity index is 0.00000112. The largest absolute Gasteiger partial charge is 1.00 e. The standard InChI is InChI=1S/C13H14N.ClH/c1-12(13-8-4-2-5-9-13)14-10-6-3-7-11-14;/h2-12H,1H3;1H/q+1;/p-1/t12-;/m1./s1. The number of rotatable bonds is 2. The van der Waals surface area contributed by atoms with E-state index in [0.717, 1.165) is 0 Å². The van der Waals surface area contributed by atoms with Crippen LogP contribution in [0, 0.1) is 0 Å². The highest BCUT2D eigenvalue weighted by molar-refractivity contribution is 5.16. The predicted molar refractivity (Wildman–Crippen MR) is 56.9 cm³/mol. The van der Waals surface area contributed by atoms with E-state index in [2.05, 4.69) is 60.3 Å². The molecule has 78 valence electrons. The first-order chi connectivity index (χ1) is 6.88. The average Bonchev–Trinajstić information content (AvgIpc) is 2.30. The number of aromatic nitrogens is 1. The molecule has 0 saturated heterocycles. The van der Waals surface area contributed by atoms with Crippen LogP contribution in [0.5, 0.6) is 0 Å². The molecular weight excluding hydrogens is 206 g/mol. The molecule has 2 rings (SSSR count). The number of benzene rings is 1. The monoisotopic (exact) mass is 219 g/mol. The zero-order valence-corrected chi connectivity index (χ0v) is 9.43. The van der Waals surface area contributed by atoms with Crippen LogP contribution in [0.25, 0.3) is 0 Å². The maximum absolute atomic E-state index is 2.20. The molecule has 0 unspecified atom stereocenters. The Morgan fingerprint density at radius 3 is 2.00 bits per heavy atom. The first-order valence-corrected chi connectivity index (χ1v) is 4.88. The van der Waals surface area contributed by atoms with Gasteiger partial charge in [0.05, 0.1) is 0 Å². The minimum absolute atomic E-state index is 0. The predicted octanol–water partition coefficient (Wildman–Crippen LogP) is -0.413. The summed E-state index contributed by atoms with van der Waals surface area (Å²) in [5, 5.41) is 0. The molecule has 0 bridgehead atoms. The highest BCUT2D eigenvalue weighted by atomic mass is 35.5. The van der Waals surface area contributed by atoms with Gasteiger partial charge in [-0.2, -0.15) is 4.57 Å². The van der Waals surface area contributed by atoms with Crippen molar-refractivity contribution in [2.24, 2.45) is 0 Å². The number of hydrogen-bond donors (Lipinski definition) is 0. The van der Waals surface area contributed by atoms with E-state index in [4.69, 9.17) is 0 Å². The molecule has 0 spiro atoms. The Labute approximate surface area is 96.8 Å². The molecule has 1 aromatic heterocycles. The minimum atomic E-state index is 0. The van der Waals surface area contributed by atoms with Crippen LogP contribution < -0.4 is 17.0 Å². The zero-order valence-electron chi connectivity index (χ0n) is 8.68. The molecule has 1 nitrogen and oxygen atoms in total. The summed E-state index contributed by atoms with van der Waals surface area (Å²) >= 11 is 0. The van der Waals surface area contributed by atoms with E-state index in [1.165, 1.54) is 5.56 Å². The molecule has 1 atom stereocenters. The maximum atomic E-state index is 2.20. The fourth-order valence-electron chi connectivity index (χ4n) is 1.57. The van der Waals surface area contributed by atoms with Crippen molar-refractivity contribution in [2.45, 2.75) is 13.0 Å². The minimum Gasteiger partial charge on any atom is -1.00 e. The third-order valence-corrected chi connectivity index (χ3v) is 2.47. The Hall–Kier alpha value is -1.34. The van der Waals surface area contributed by atoms with E-state index >= 15 is 0 Å². The molecule has 0 saturated carbocycles. The quantitative estimate of drug-likeness (QED) is 0.605. The topological polar surface area (TPSA) is 3.88 Å². The summed E-state index contributed by atoms with van der Waals surface area (Å²) in [6.45, 7) is 2.20. The number of pyridine rings is 1. The van der Waals surface area contributed by atoms with Gasteiger partial charge in [-0.15, -0.1) is 0 Å². The lowest BCUT2D eigenvalue weighted by molar-refractivity contribution is -0.710. The Bertz CT molecular complexity index is 346. The SMILES string of the molecule is C[C@H](c1ccccc1)[n+]1ccccc1.[Cl-]. The van der Waals surface area contributed by atoms with E-state index in [0.29, 0.717) is 6.04 Å². The summed E-state index contributed by atoms with van der Waals surface area (Å²) in [6, 6.07) is 17.1. The van der Waals surface area contributed by atoms with E-state index in [9.17, 15) is 0 Å². The summed E-state index contributed by atoms with van der Waals surface area (Å²) < 4.78 is 2.20. The van der Waals surface area contributed by atoms with E-state index in [-0.39, 0.29) is 12.4 Å². The summed E-state index contributed by atoms with van der Waals surface area (Å²) in [5.41, 5.74) is 1.34. The zero-order chi connectivity index (χ0) is 9.80. The van der Waals surface area contributed by atoms with Crippen molar-refractivity contribution in [2.75, 3.05) is 0 Å². The Morgan fingerprint density at radius 2 is 1.40 bits per heavy atom. The third-order valence-electron chi connectivity index (χ3n) is 2.47. The van der Waals surface area contributed by atoms with Crippen LogP contribution in [0.4, 0.5) is 0 Å². The Kier molecular flexibility index (Phi) is 4.32. The van der Waals surface area contributed by atoms with Gasteiger partial charge in [-0.25, -0.2) is 0 Å². The second kappa shape index (κ2) is 5.52. The molecule has 0 aliphatic carbocycles. The van der Waals surface area contributed by atoms with Crippen LogP contribution in [-0.2, 0) is 0 Å². The average molecular weight is 220 g/mol. The molecule has 0 fully saturated rings. The lowest BCUT2D eigenvalue weighted by Gasteiger charge is -2.06. The van der Waals surface area contributed by atoms with Gasteiger partial charge in [0.15, 0.2) is 18.4 Å². The van der Waals surface area contributed by atoms with Gasteiger partial charge in [-0.05, 0) is 0 Å². The lowest BCUT2D eigenvalue weighted by Crippen LogP contribution is -3.00. The summed E-state index contributed by atoms with van der Waals surface area (Å²) in [6.07, 6.45) is 4.19. The summed E-state index contributed by atoms with van der Waals surface area (Å²) in [4.78, 5) is 0. The molecule has 2 heteroatoms. The van der Waals surface area contributed by atoms with Gasteiger partial charge < -0.3 is 12.4 Å².